The van der Waals surface area contributed by atoms with Gasteiger partial charge in [0.15, 0.2) is 10.8 Å². The van der Waals surface area contributed by atoms with Crippen molar-refractivity contribution in [3.8, 4) is 16.3 Å². The second kappa shape index (κ2) is 9.31. The minimum atomic E-state index is -0.304. The lowest BCUT2D eigenvalue weighted by Crippen LogP contribution is -2.39. The molecule has 0 spiro atoms. The van der Waals surface area contributed by atoms with Gasteiger partial charge in [0.2, 0.25) is 0 Å². The van der Waals surface area contributed by atoms with Gasteiger partial charge in [0, 0.05) is 16.6 Å². The highest BCUT2D eigenvalue weighted by Crippen LogP contribution is 2.36. The Balaban J connectivity index is 1.73. The lowest BCUT2D eigenvalue weighted by molar-refractivity contribution is 0.0913. The molecule has 0 bridgehead atoms. The first kappa shape index (κ1) is 22.3. The molecule has 1 amide bonds. The molecule has 1 saturated carbocycles. The third-order valence-electron chi connectivity index (χ3n) is 6.00. The van der Waals surface area contributed by atoms with E-state index in [9.17, 15) is 9.18 Å². The molecule has 164 valence electrons. The topological polar surface area (TPSA) is 46.9 Å². The fraction of sp³-hybridized carbons (Fsp3) is 0.391. The Morgan fingerprint density at radius 2 is 1.97 bits per heavy atom. The number of nitrogens with one attached hydrogen (secondary N) is 1. The van der Waals surface area contributed by atoms with E-state index in [0.717, 1.165) is 24.2 Å². The number of rotatable bonds is 5. The third-order valence-corrected chi connectivity index (χ3v) is 7.42. The molecule has 0 radical (unpaired) electrons. The molecule has 0 aliphatic heterocycles. The second-order valence-electron chi connectivity index (χ2n) is 8.09. The summed E-state index contributed by atoms with van der Waals surface area (Å²) in [5.74, 6) is 0.259. The number of hydrogen-bond acceptors (Lipinski definition) is 3. The molecule has 8 heteroatoms. The molecule has 0 unspecified atom stereocenters. The number of halogens is 3. The summed E-state index contributed by atoms with van der Waals surface area (Å²) >= 11 is 13.5. The molecule has 31 heavy (non-hydrogen) atoms. The van der Waals surface area contributed by atoms with Gasteiger partial charge in [-0.15, -0.1) is 11.3 Å². The maximum atomic E-state index is 13.8. The van der Waals surface area contributed by atoms with E-state index in [1.165, 1.54) is 25.3 Å². The molecular formula is C23H24Cl2FN3OS. The lowest BCUT2D eigenvalue weighted by atomic mass is 9.84. The number of thiophene rings is 1. The van der Waals surface area contributed by atoms with E-state index in [0.29, 0.717) is 43.5 Å². The number of aromatic nitrogens is 2. The molecule has 4 rings (SSSR count). The van der Waals surface area contributed by atoms with E-state index in [1.807, 2.05) is 6.92 Å². The van der Waals surface area contributed by atoms with Gasteiger partial charge in [-0.1, -0.05) is 42.5 Å². The highest BCUT2D eigenvalue weighted by molar-refractivity contribution is 7.13. The molecule has 1 aliphatic rings. The zero-order chi connectivity index (χ0) is 22.1. The lowest BCUT2D eigenvalue weighted by Gasteiger charge is -2.28. The van der Waals surface area contributed by atoms with Crippen LogP contribution in [0.25, 0.3) is 16.3 Å². The molecule has 1 aliphatic carbocycles. The maximum Gasteiger partial charge on any atom is 0.272 e. The average molecular weight is 480 g/mol. The van der Waals surface area contributed by atoms with Crippen LogP contribution in [0.2, 0.25) is 10.0 Å². The number of amides is 1. The van der Waals surface area contributed by atoms with Crippen molar-refractivity contribution in [3.63, 3.8) is 0 Å². The van der Waals surface area contributed by atoms with Gasteiger partial charge in [0.1, 0.15) is 0 Å². The summed E-state index contributed by atoms with van der Waals surface area (Å²) in [6, 6.07) is 8.25. The zero-order valence-electron chi connectivity index (χ0n) is 17.4. The first-order chi connectivity index (χ1) is 14.8. The van der Waals surface area contributed by atoms with Crippen LogP contribution in [0.1, 0.15) is 55.1 Å². The van der Waals surface area contributed by atoms with Crippen molar-refractivity contribution in [2.45, 2.75) is 52.0 Å². The molecule has 2 aromatic heterocycles. The molecular weight excluding hydrogens is 456 g/mol. The van der Waals surface area contributed by atoms with Crippen LogP contribution >= 0.6 is 34.5 Å². The number of carbonyl (C=O) groups excluding carboxylic acids is 1. The van der Waals surface area contributed by atoms with Gasteiger partial charge in [0.05, 0.1) is 21.3 Å². The molecule has 1 atom stereocenters. The van der Waals surface area contributed by atoms with Gasteiger partial charge in [-0.05, 0) is 62.9 Å². The van der Waals surface area contributed by atoms with Crippen LogP contribution in [0.3, 0.4) is 0 Å². The first-order valence-corrected chi connectivity index (χ1v) is 12.0. The molecule has 2 heterocycles. The number of carbonyl (C=O) groups is 1. The van der Waals surface area contributed by atoms with Crippen molar-refractivity contribution >= 4 is 40.4 Å². The Morgan fingerprint density at radius 1 is 1.23 bits per heavy atom. The second-order valence-corrected chi connectivity index (χ2v) is 9.97. The Hall–Kier alpha value is -1.89. The fourth-order valence-corrected chi connectivity index (χ4v) is 5.60. The standard InChI is InChI=1S/C23H24Cl2FN3OS/c1-13-21(23(30)27-14(2)15-6-4-3-5-7-15)28-29(18-9-8-16(24)12-17(18)25)22(13)19-10-11-20(26)31-19/h8-12,14-15H,3-7H2,1-2H3,(H,27,30)/t14-/m0/s1. The van der Waals surface area contributed by atoms with Crippen LogP contribution in [0.5, 0.6) is 0 Å². The molecule has 4 nitrogen and oxygen atoms in total. The van der Waals surface area contributed by atoms with Crippen molar-refractivity contribution in [2.75, 3.05) is 0 Å². The Labute approximate surface area is 195 Å². The Morgan fingerprint density at radius 3 is 2.61 bits per heavy atom. The summed E-state index contributed by atoms with van der Waals surface area (Å²) in [5, 5.41) is 8.35. The van der Waals surface area contributed by atoms with Crippen molar-refractivity contribution in [3.05, 3.63) is 56.8 Å². The SMILES string of the molecule is Cc1c(C(=O)N[C@@H](C)C2CCCCC2)nn(-c2ccc(Cl)cc2Cl)c1-c1ccc(F)s1. The Bertz CT molecular complexity index is 1100. The summed E-state index contributed by atoms with van der Waals surface area (Å²) in [4.78, 5) is 13.9. The highest BCUT2D eigenvalue weighted by atomic mass is 35.5. The smallest absolute Gasteiger partial charge is 0.272 e. The fourth-order valence-electron chi connectivity index (χ4n) is 4.30. The quantitative estimate of drug-likeness (QED) is 0.425. The number of nitrogens with zero attached hydrogens (tertiary/aromatic N) is 2. The summed E-state index contributed by atoms with van der Waals surface area (Å²) in [5.41, 5.74) is 2.23. The summed E-state index contributed by atoms with van der Waals surface area (Å²) < 4.78 is 15.4. The van der Waals surface area contributed by atoms with E-state index < -0.39 is 0 Å². The van der Waals surface area contributed by atoms with Crippen molar-refractivity contribution in [2.24, 2.45) is 5.92 Å². The van der Waals surface area contributed by atoms with Crippen molar-refractivity contribution in [1.29, 1.82) is 0 Å². The van der Waals surface area contributed by atoms with Gasteiger partial charge in [-0.2, -0.15) is 9.49 Å². The summed E-state index contributed by atoms with van der Waals surface area (Å²) in [7, 11) is 0. The minimum absolute atomic E-state index is 0.0686. The van der Waals surface area contributed by atoms with E-state index in [2.05, 4.69) is 17.3 Å². The molecule has 1 fully saturated rings. The Kier molecular flexibility index (Phi) is 6.70. The van der Waals surface area contributed by atoms with Crippen molar-refractivity contribution in [1.82, 2.24) is 15.1 Å². The van der Waals surface area contributed by atoms with Gasteiger partial charge in [0.25, 0.3) is 5.91 Å². The normalized spacial score (nSPS) is 15.8. The predicted molar refractivity (Wildman–Crippen MR) is 125 cm³/mol. The summed E-state index contributed by atoms with van der Waals surface area (Å²) in [6.45, 7) is 3.90. The first-order valence-electron chi connectivity index (χ1n) is 10.5. The molecule has 3 aromatic rings. The van der Waals surface area contributed by atoms with Gasteiger partial charge in [-0.25, -0.2) is 4.68 Å². The van der Waals surface area contributed by atoms with Crippen LogP contribution < -0.4 is 5.32 Å². The summed E-state index contributed by atoms with van der Waals surface area (Å²) in [6.07, 6.45) is 5.95. The number of benzene rings is 1. The van der Waals surface area contributed by atoms with E-state index >= 15 is 0 Å². The van der Waals surface area contributed by atoms with Crippen LogP contribution in [-0.2, 0) is 0 Å². The van der Waals surface area contributed by atoms with Crippen molar-refractivity contribution < 1.29 is 9.18 Å². The van der Waals surface area contributed by atoms with E-state index in [4.69, 9.17) is 23.2 Å². The maximum absolute atomic E-state index is 13.8. The van der Waals surface area contributed by atoms with Gasteiger partial charge >= 0.3 is 0 Å². The number of hydrogen-bond donors (Lipinski definition) is 1. The minimum Gasteiger partial charge on any atom is -0.348 e. The highest BCUT2D eigenvalue weighted by Gasteiger charge is 2.27. The molecule has 1 N–H and O–H groups in total. The van der Waals surface area contributed by atoms with Crippen LogP contribution in [0.15, 0.2) is 30.3 Å². The average Bonchev–Trinajstić information content (AvgIpc) is 3.31. The van der Waals surface area contributed by atoms with Crippen LogP contribution in [0.4, 0.5) is 4.39 Å². The predicted octanol–water partition coefficient (Wildman–Crippen LogP) is 7.05. The monoisotopic (exact) mass is 479 g/mol. The van der Waals surface area contributed by atoms with E-state index in [-0.39, 0.29) is 17.1 Å². The van der Waals surface area contributed by atoms with Gasteiger partial charge in [-0.3, -0.25) is 4.79 Å². The zero-order valence-corrected chi connectivity index (χ0v) is 19.8. The third kappa shape index (κ3) is 4.66. The van der Waals surface area contributed by atoms with E-state index in [1.54, 1.807) is 28.9 Å². The van der Waals surface area contributed by atoms with Crippen LogP contribution in [0, 0.1) is 18.0 Å². The largest absolute Gasteiger partial charge is 0.348 e. The molecule has 0 saturated heterocycles. The molecule has 1 aromatic carbocycles. The van der Waals surface area contributed by atoms with Gasteiger partial charge < -0.3 is 5.32 Å². The van der Waals surface area contributed by atoms with Crippen LogP contribution in [-0.4, -0.2) is 21.7 Å².